The van der Waals surface area contributed by atoms with Gasteiger partial charge in [0.2, 0.25) is 0 Å². The molecule has 0 rings (SSSR count). The van der Waals surface area contributed by atoms with Gasteiger partial charge in [-0.15, -0.1) is 0 Å². The number of hydrogen-bond donors (Lipinski definition) is 1. The van der Waals surface area contributed by atoms with Crippen LogP contribution in [0.15, 0.2) is 6.08 Å². The van der Waals surface area contributed by atoms with Gasteiger partial charge in [0.05, 0.1) is 0 Å². The minimum absolute atomic E-state index is 0.313. The van der Waals surface area contributed by atoms with Gasteiger partial charge in [-0.3, -0.25) is 0 Å². The van der Waals surface area contributed by atoms with Gasteiger partial charge in [0.25, 0.3) is 0 Å². The van der Waals surface area contributed by atoms with Crippen molar-refractivity contribution in [1.29, 1.82) is 0 Å². The first-order chi connectivity index (χ1) is 5.91. The first kappa shape index (κ1) is 11.4. The topological polar surface area (TPSA) is 37.3 Å². The lowest BCUT2D eigenvalue weighted by Crippen LogP contribution is -1.83. The van der Waals surface area contributed by atoms with E-state index in [-0.39, 0.29) is 0 Å². The summed E-state index contributed by atoms with van der Waals surface area (Å²) in [5.41, 5.74) is 0. The van der Waals surface area contributed by atoms with Crippen molar-refractivity contribution in [2.75, 3.05) is 6.61 Å². The van der Waals surface area contributed by atoms with Crippen LogP contribution in [-0.2, 0) is 4.79 Å². The Hall–Kier alpha value is -0.590. The van der Waals surface area contributed by atoms with Crippen LogP contribution in [0, 0.1) is 0 Å². The van der Waals surface area contributed by atoms with E-state index < -0.39 is 0 Å². The molecule has 0 aliphatic heterocycles. The van der Waals surface area contributed by atoms with Gasteiger partial charge in [0, 0.05) is 6.61 Å². The van der Waals surface area contributed by atoms with Crippen molar-refractivity contribution in [2.24, 2.45) is 0 Å². The summed E-state index contributed by atoms with van der Waals surface area (Å²) in [7, 11) is 0. The van der Waals surface area contributed by atoms with Crippen molar-refractivity contribution in [2.45, 2.75) is 44.9 Å². The van der Waals surface area contributed by atoms with Gasteiger partial charge in [-0.2, -0.15) is 0 Å². The molecule has 2 heteroatoms. The Morgan fingerprint density at radius 3 is 2.17 bits per heavy atom. The molecule has 0 aromatic rings. The molecule has 70 valence electrons. The van der Waals surface area contributed by atoms with Crippen molar-refractivity contribution >= 4 is 5.94 Å². The number of aliphatic hydroxyl groups is 1. The molecule has 2 nitrogen and oxygen atoms in total. The third-order valence-corrected chi connectivity index (χ3v) is 1.84. The van der Waals surface area contributed by atoms with E-state index in [1.165, 1.54) is 19.3 Å². The zero-order valence-corrected chi connectivity index (χ0v) is 7.59. The fourth-order valence-electron chi connectivity index (χ4n) is 1.12. The number of carbonyl (C=O) groups excluding carboxylic acids is 1. The average molecular weight is 170 g/mol. The number of aliphatic hydroxyl groups excluding tert-OH is 1. The molecule has 0 radical (unpaired) electrons. The highest BCUT2D eigenvalue weighted by Gasteiger charge is 1.89. The van der Waals surface area contributed by atoms with E-state index in [1.54, 1.807) is 12.0 Å². The van der Waals surface area contributed by atoms with Crippen LogP contribution >= 0.6 is 0 Å². The zero-order valence-electron chi connectivity index (χ0n) is 7.59. The lowest BCUT2D eigenvalue weighted by molar-refractivity contribution is 0.282. The third-order valence-electron chi connectivity index (χ3n) is 1.84. The zero-order chi connectivity index (χ0) is 9.07. The highest BCUT2D eigenvalue weighted by atomic mass is 16.2. The van der Waals surface area contributed by atoms with Crippen LogP contribution < -0.4 is 0 Å². The smallest absolute Gasteiger partial charge is 0.120 e. The Balaban J connectivity index is 2.86. The molecule has 0 heterocycles. The summed E-state index contributed by atoms with van der Waals surface area (Å²) < 4.78 is 0. The lowest BCUT2D eigenvalue weighted by atomic mass is 10.1. The average Bonchev–Trinajstić information content (AvgIpc) is 2.10. The molecule has 0 fully saturated rings. The van der Waals surface area contributed by atoms with E-state index in [1.807, 2.05) is 0 Å². The highest BCUT2D eigenvalue weighted by Crippen LogP contribution is 2.06. The summed E-state index contributed by atoms with van der Waals surface area (Å²) in [6, 6.07) is 0. The van der Waals surface area contributed by atoms with Crippen LogP contribution in [0.2, 0.25) is 0 Å². The van der Waals surface area contributed by atoms with Gasteiger partial charge in [0.1, 0.15) is 5.94 Å². The first-order valence-corrected chi connectivity index (χ1v) is 4.72. The summed E-state index contributed by atoms with van der Waals surface area (Å²) in [5.74, 6) is 1.77. The lowest BCUT2D eigenvalue weighted by Gasteiger charge is -1.97. The fraction of sp³-hybridized carbons (Fsp3) is 0.800. The number of rotatable bonds is 8. The minimum Gasteiger partial charge on any atom is -0.396 e. The van der Waals surface area contributed by atoms with Crippen LogP contribution in [0.1, 0.15) is 44.9 Å². The standard InChI is InChI=1S/C10H18O2/c11-9-7-5-3-1-2-4-6-8-10-12/h7,12H,1-6,8,10H2. The monoisotopic (exact) mass is 170 g/mol. The van der Waals surface area contributed by atoms with Crippen LogP contribution in [0.5, 0.6) is 0 Å². The summed E-state index contributed by atoms with van der Waals surface area (Å²) in [6.45, 7) is 0.313. The Kier molecular flexibility index (Phi) is 9.90. The van der Waals surface area contributed by atoms with Crippen LogP contribution in [0.4, 0.5) is 0 Å². The normalized spacial score (nSPS) is 9.42. The predicted octanol–water partition coefficient (Wildman–Crippen LogP) is 2.10. The van der Waals surface area contributed by atoms with E-state index in [9.17, 15) is 4.79 Å². The summed E-state index contributed by atoms with van der Waals surface area (Å²) >= 11 is 0. The van der Waals surface area contributed by atoms with Crippen molar-refractivity contribution in [3.8, 4) is 0 Å². The summed E-state index contributed by atoms with van der Waals surface area (Å²) in [4.78, 5) is 9.77. The number of unbranched alkanes of at least 4 members (excludes halogenated alkanes) is 6. The number of allylic oxidation sites excluding steroid dienone is 1. The first-order valence-electron chi connectivity index (χ1n) is 4.72. The largest absolute Gasteiger partial charge is 0.396 e. The molecule has 1 N–H and O–H groups in total. The molecule has 0 amide bonds. The molecule has 0 spiro atoms. The molecule has 0 aromatic heterocycles. The van der Waals surface area contributed by atoms with Crippen molar-refractivity contribution in [3.63, 3.8) is 0 Å². The molecule has 0 aromatic carbocycles. The molecular weight excluding hydrogens is 152 g/mol. The van der Waals surface area contributed by atoms with Gasteiger partial charge in [0.15, 0.2) is 0 Å². The van der Waals surface area contributed by atoms with Gasteiger partial charge < -0.3 is 5.11 Å². The molecule has 0 saturated heterocycles. The van der Waals surface area contributed by atoms with Crippen molar-refractivity contribution in [1.82, 2.24) is 0 Å². The molecule has 0 unspecified atom stereocenters. The van der Waals surface area contributed by atoms with E-state index in [2.05, 4.69) is 0 Å². The summed E-state index contributed by atoms with van der Waals surface area (Å²) in [6.07, 6.45) is 9.15. The van der Waals surface area contributed by atoms with Gasteiger partial charge >= 0.3 is 0 Å². The quantitative estimate of drug-likeness (QED) is 0.447. The Labute approximate surface area is 74.3 Å². The van der Waals surface area contributed by atoms with Crippen molar-refractivity contribution < 1.29 is 9.90 Å². The van der Waals surface area contributed by atoms with E-state index in [0.717, 1.165) is 25.7 Å². The summed E-state index contributed by atoms with van der Waals surface area (Å²) in [5, 5.41) is 8.49. The Morgan fingerprint density at radius 1 is 1.00 bits per heavy atom. The maximum absolute atomic E-state index is 9.77. The second-order valence-corrected chi connectivity index (χ2v) is 2.96. The minimum atomic E-state index is 0.313. The Morgan fingerprint density at radius 2 is 1.58 bits per heavy atom. The highest BCUT2D eigenvalue weighted by molar-refractivity contribution is 5.44. The number of hydrogen-bond acceptors (Lipinski definition) is 2. The molecule has 0 aliphatic carbocycles. The fourth-order valence-corrected chi connectivity index (χ4v) is 1.12. The van der Waals surface area contributed by atoms with Crippen molar-refractivity contribution in [3.05, 3.63) is 6.08 Å². The van der Waals surface area contributed by atoms with Gasteiger partial charge in [-0.25, -0.2) is 4.79 Å². The van der Waals surface area contributed by atoms with Crippen LogP contribution in [0.3, 0.4) is 0 Å². The van der Waals surface area contributed by atoms with E-state index in [4.69, 9.17) is 5.11 Å². The Bertz CT molecular complexity index is 126. The molecule has 0 aliphatic rings. The molecule has 12 heavy (non-hydrogen) atoms. The van der Waals surface area contributed by atoms with E-state index >= 15 is 0 Å². The third kappa shape index (κ3) is 9.41. The van der Waals surface area contributed by atoms with Crippen LogP contribution in [0.25, 0.3) is 0 Å². The molecule has 0 atom stereocenters. The van der Waals surface area contributed by atoms with Crippen LogP contribution in [-0.4, -0.2) is 17.7 Å². The SMILES string of the molecule is O=C=CCCCCCCCCO. The predicted molar refractivity (Wildman–Crippen MR) is 49.7 cm³/mol. The second kappa shape index (κ2) is 10.4. The maximum Gasteiger partial charge on any atom is 0.120 e. The maximum atomic E-state index is 9.77. The van der Waals surface area contributed by atoms with Gasteiger partial charge in [-0.05, 0) is 25.3 Å². The van der Waals surface area contributed by atoms with E-state index in [0.29, 0.717) is 6.61 Å². The molecule has 0 bridgehead atoms. The van der Waals surface area contributed by atoms with Gasteiger partial charge in [-0.1, -0.05) is 25.7 Å². The molecular formula is C10H18O2. The molecule has 0 saturated carbocycles. The second-order valence-electron chi connectivity index (χ2n) is 2.96.